The van der Waals surface area contributed by atoms with Crippen molar-refractivity contribution in [1.82, 2.24) is 5.32 Å². The zero-order valence-corrected chi connectivity index (χ0v) is 14.6. The fraction of sp³-hybridized carbons (Fsp3) is 0.200. The number of furan rings is 1. The molecule has 1 aromatic heterocycles. The largest absolute Gasteiger partial charge is 0.497 e. The van der Waals surface area contributed by atoms with E-state index in [0.717, 1.165) is 22.3 Å². The second-order valence-electron chi connectivity index (χ2n) is 5.95. The fourth-order valence-electron chi connectivity index (χ4n) is 3.05. The quantitative estimate of drug-likeness (QED) is 0.700. The van der Waals surface area contributed by atoms with Gasteiger partial charge in [0.15, 0.2) is 11.5 Å². The van der Waals surface area contributed by atoms with Crippen LogP contribution < -0.4 is 19.5 Å². The van der Waals surface area contributed by atoms with Crippen LogP contribution in [0, 0.1) is 11.3 Å². The number of methoxy groups -OCH3 is 1. The van der Waals surface area contributed by atoms with Crippen molar-refractivity contribution in [2.24, 2.45) is 0 Å². The Morgan fingerprint density at radius 3 is 2.67 bits per heavy atom. The maximum Gasteiger partial charge on any atom is 0.231 e. The highest BCUT2D eigenvalue weighted by Gasteiger charge is 2.23. The van der Waals surface area contributed by atoms with Gasteiger partial charge in [0.05, 0.1) is 19.6 Å². The molecule has 0 fully saturated rings. The number of amides is 1. The molecule has 0 bridgehead atoms. The summed E-state index contributed by atoms with van der Waals surface area (Å²) in [5.74, 6) is 2.28. The number of benzene rings is 2. The summed E-state index contributed by atoms with van der Waals surface area (Å²) in [5, 5.41) is 12.0. The van der Waals surface area contributed by atoms with Crippen LogP contribution in [0.25, 0.3) is 22.3 Å². The van der Waals surface area contributed by atoms with Crippen molar-refractivity contribution in [1.29, 1.82) is 5.26 Å². The van der Waals surface area contributed by atoms with Gasteiger partial charge in [0.2, 0.25) is 12.7 Å². The van der Waals surface area contributed by atoms with Crippen LogP contribution in [-0.4, -0.2) is 26.4 Å². The highest BCUT2D eigenvalue weighted by Crippen LogP contribution is 2.42. The zero-order valence-electron chi connectivity index (χ0n) is 14.6. The Balaban J connectivity index is 1.81. The number of ether oxygens (including phenoxy) is 3. The van der Waals surface area contributed by atoms with Crippen molar-refractivity contribution >= 4 is 16.9 Å². The molecule has 1 amide bonds. The summed E-state index contributed by atoms with van der Waals surface area (Å²) in [6, 6.07) is 12.9. The van der Waals surface area contributed by atoms with Gasteiger partial charge in [-0.1, -0.05) is 0 Å². The third kappa shape index (κ3) is 3.13. The van der Waals surface area contributed by atoms with E-state index in [1.807, 2.05) is 36.4 Å². The Morgan fingerprint density at radius 2 is 1.96 bits per heavy atom. The Morgan fingerprint density at radius 1 is 1.22 bits per heavy atom. The average molecular weight is 364 g/mol. The van der Waals surface area contributed by atoms with E-state index in [1.54, 1.807) is 13.2 Å². The second kappa shape index (κ2) is 6.92. The molecule has 0 atom stereocenters. The van der Waals surface area contributed by atoms with Crippen molar-refractivity contribution in [3.05, 3.63) is 42.0 Å². The number of nitriles is 1. The molecular formula is C20H16N2O5. The van der Waals surface area contributed by atoms with Gasteiger partial charge in [-0.2, -0.15) is 5.26 Å². The minimum Gasteiger partial charge on any atom is -0.497 e. The van der Waals surface area contributed by atoms with Crippen LogP contribution in [0.3, 0.4) is 0 Å². The lowest BCUT2D eigenvalue weighted by Gasteiger charge is -2.05. The Hall–Kier alpha value is -3.66. The van der Waals surface area contributed by atoms with Crippen molar-refractivity contribution in [2.45, 2.75) is 6.42 Å². The molecule has 1 aliphatic rings. The summed E-state index contributed by atoms with van der Waals surface area (Å²) in [6.45, 7) is 0.115. The number of hydrogen-bond acceptors (Lipinski definition) is 6. The first-order chi connectivity index (χ1) is 13.2. The van der Waals surface area contributed by atoms with Crippen LogP contribution in [0.15, 0.2) is 40.8 Å². The predicted octanol–water partition coefficient (Wildman–Crippen LogP) is 3.02. The lowest BCUT2D eigenvalue weighted by Crippen LogP contribution is -2.25. The number of nitrogens with one attached hydrogen (secondary N) is 1. The van der Waals surface area contributed by atoms with Crippen LogP contribution in [0.1, 0.15) is 5.56 Å². The molecule has 0 unspecified atom stereocenters. The van der Waals surface area contributed by atoms with Gasteiger partial charge < -0.3 is 23.9 Å². The van der Waals surface area contributed by atoms with Gasteiger partial charge in [0.1, 0.15) is 23.6 Å². The minimum absolute atomic E-state index is 0.0428. The molecule has 3 aromatic rings. The van der Waals surface area contributed by atoms with E-state index in [4.69, 9.17) is 23.9 Å². The van der Waals surface area contributed by atoms with Gasteiger partial charge >= 0.3 is 0 Å². The number of carbonyl (C=O) groups is 1. The van der Waals surface area contributed by atoms with Crippen LogP contribution in [-0.2, 0) is 11.2 Å². The van der Waals surface area contributed by atoms with Gasteiger partial charge in [-0.3, -0.25) is 4.79 Å². The van der Waals surface area contributed by atoms with Gasteiger partial charge in [-0.15, -0.1) is 0 Å². The second-order valence-corrected chi connectivity index (χ2v) is 5.95. The molecule has 0 saturated carbocycles. The van der Waals surface area contributed by atoms with Gasteiger partial charge in [-0.25, -0.2) is 0 Å². The Bertz CT molecular complexity index is 1050. The molecular weight excluding hydrogens is 348 g/mol. The Kier molecular flexibility index (Phi) is 4.30. The number of rotatable bonds is 5. The molecule has 4 rings (SSSR count). The van der Waals surface area contributed by atoms with Crippen LogP contribution >= 0.6 is 0 Å². The monoisotopic (exact) mass is 364 g/mol. The third-order valence-corrected chi connectivity index (χ3v) is 4.34. The summed E-state index contributed by atoms with van der Waals surface area (Å²) >= 11 is 0. The summed E-state index contributed by atoms with van der Waals surface area (Å²) in [6.07, 6.45) is 0.0791. The lowest BCUT2D eigenvalue weighted by molar-refractivity contribution is -0.120. The van der Waals surface area contributed by atoms with Crippen molar-refractivity contribution < 1.29 is 23.4 Å². The predicted molar refractivity (Wildman–Crippen MR) is 96.7 cm³/mol. The SMILES string of the molecule is COc1ccc(-c2oc3cc4c(cc3c2CC(=O)NCC#N)OCO4)cc1. The lowest BCUT2D eigenvalue weighted by atomic mass is 10.0. The third-order valence-electron chi connectivity index (χ3n) is 4.34. The maximum atomic E-state index is 12.3. The van der Waals surface area contributed by atoms with E-state index in [9.17, 15) is 4.79 Å². The average Bonchev–Trinajstić information content (AvgIpc) is 3.29. The van der Waals surface area contributed by atoms with Gasteiger partial charge in [0, 0.05) is 22.6 Å². The van der Waals surface area contributed by atoms with Crippen molar-refractivity contribution in [3.63, 3.8) is 0 Å². The first-order valence-corrected chi connectivity index (χ1v) is 8.32. The van der Waals surface area contributed by atoms with Crippen LogP contribution in [0.4, 0.5) is 0 Å². The fourth-order valence-corrected chi connectivity index (χ4v) is 3.05. The molecule has 2 heterocycles. The highest BCUT2D eigenvalue weighted by molar-refractivity contribution is 5.94. The van der Waals surface area contributed by atoms with E-state index < -0.39 is 0 Å². The van der Waals surface area contributed by atoms with E-state index in [-0.39, 0.29) is 25.7 Å². The molecule has 0 radical (unpaired) electrons. The Labute approximate surface area is 155 Å². The molecule has 2 aromatic carbocycles. The summed E-state index contributed by atoms with van der Waals surface area (Å²) in [5.41, 5.74) is 2.15. The van der Waals surface area contributed by atoms with Crippen molar-refractivity contribution in [3.8, 4) is 34.6 Å². The first-order valence-electron chi connectivity index (χ1n) is 8.32. The van der Waals surface area contributed by atoms with Gasteiger partial charge in [0.25, 0.3) is 0 Å². The van der Waals surface area contributed by atoms with Crippen molar-refractivity contribution in [2.75, 3.05) is 20.4 Å². The number of hydrogen-bond donors (Lipinski definition) is 1. The standard InChI is InChI=1S/C20H16N2O5/c1-24-13-4-2-12(3-5-13)20-15(9-19(23)22-7-6-21)14-8-17-18(26-11-25-17)10-16(14)27-20/h2-5,8,10H,7,9,11H2,1H3,(H,22,23). The number of fused-ring (bicyclic) bond motifs is 2. The van der Waals surface area contributed by atoms with Crippen LogP contribution in [0.5, 0.6) is 17.2 Å². The first kappa shape index (κ1) is 16.8. The highest BCUT2D eigenvalue weighted by atomic mass is 16.7. The van der Waals surface area contributed by atoms with E-state index >= 15 is 0 Å². The summed E-state index contributed by atoms with van der Waals surface area (Å²) < 4.78 is 22.1. The zero-order chi connectivity index (χ0) is 18.8. The topological polar surface area (TPSA) is 93.7 Å². The summed E-state index contributed by atoms with van der Waals surface area (Å²) in [4.78, 5) is 12.3. The smallest absolute Gasteiger partial charge is 0.231 e. The molecule has 1 aliphatic heterocycles. The van der Waals surface area contributed by atoms with E-state index in [0.29, 0.717) is 22.8 Å². The maximum absolute atomic E-state index is 12.3. The molecule has 1 N–H and O–H groups in total. The molecule has 0 spiro atoms. The summed E-state index contributed by atoms with van der Waals surface area (Å²) in [7, 11) is 1.60. The molecule has 27 heavy (non-hydrogen) atoms. The van der Waals surface area contributed by atoms with E-state index in [1.165, 1.54) is 0 Å². The minimum atomic E-state index is -0.258. The molecule has 7 heteroatoms. The molecule has 0 saturated heterocycles. The van der Waals surface area contributed by atoms with Gasteiger partial charge in [-0.05, 0) is 30.3 Å². The normalized spacial score (nSPS) is 12.0. The van der Waals surface area contributed by atoms with Crippen LogP contribution in [0.2, 0.25) is 0 Å². The number of carbonyl (C=O) groups excluding carboxylic acids is 1. The molecule has 0 aliphatic carbocycles. The molecule has 136 valence electrons. The molecule has 7 nitrogen and oxygen atoms in total. The number of nitrogens with zero attached hydrogens (tertiary/aromatic N) is 1. The van der Waals surface area contributed by atoms with E-state index in [2.05, 4.69) is 5.32 Å².